The van der Waals surface area contributed by atoms with E-state index in [4.69, 9.17) is 10.6 Å². The van der Waals surface area contributed by atoms with E-state index in [1.807, 2.05) is 30.3 Å². The number of nitrogen functional groups attached to an aromatic ring is 1. The normalized spacial score (nSPS) is 10.1. The second-order valence-electron chi connectivity index (χ2n) is 2.88. The van der Waals surface area contributed by atoms with Crippen LogP contribution in [0.4, 0.5) is 0 Å². The van der Waals surface area contributed by atoms with Gasteiger partial charge in [-0.3, -0.25) is 0 Å². The Morgan fingerprint density at radius 3 is 2.57 bits per heavy atom. The van der Waals surface area contributed by atoms with Crippen molar-refractivity contribution in [1.82, 2.24) is 9.89 Å². The Hall–Kier alpha value is -1.97. The van der Waals surface area contributed by atoms with E-state index in [0.29, 0.717) is 5.88 Å². The van der Waals surface area contributed by atoms with Crippen LogP contribution in [0.3, 0.4) is 0 Å². The molecule has 1 heterocycles. The lowest BCUT2D eigenvalue weighted by molar-refractivity contribution is 0.379. The maximum atomic E-state index is 5.57. The second-order valence-corrected chi connectivity index (χ2v) is 2.88. The molecular weight excluding hydrogens is 178 g/mol. The highest BCUT2D eigenvalue weighted by molar-refractivity contribution is 5.59. The maximum Gasteiger partial charge on any atom is 0.232 e. The molecule has 14 heavy (non-hydrogen) atoms. The van der Waals surface area contributed by atoms with Gasteiger partial charge in [0.1, 0.15) is 0 Å². The lowest BCUT2D eigenvalue weighted by atomic mass is 10.2. The van der Waals surface area contributed by atoms with E-state index in [1.165, 1.54) is 4.79 Å². The van der Waals surface area contributed by atoms with Crippen molar-refractivity contribution in [2.24, 2.45) is 0 Å². The molecule has 0 aliphatic carbocycles. The quantitative estimate of drug-likeness (QED) is 0.724. The number of benzene rings is 1. The molecule has 0 unspecified atom stereocenters. The van der Waals surface area contributed by atoms with Gasteiger partial charge in [0.05, 0.1) is 12.8 Å². The molecule has 0 saturated carbocycles. The van der Waals surface area contributed by atoms with Gasteiger partial charge in [-0.2, -0.15) is 0 Å². The van der Waals surface area contributed by atoms with Crippen molar-refractivity contribution in [3.8, 4) is 17.1 Å². The van der Waals surface area contributed by atoms with Gasteiger partial charge in [-0.25, -0.2) is 0 Å². The molecule has 0 spiro atoms. The highest BCUT2D eigenvalue weighted by Crippen LogP contribution is 2.20. The zero-order valence-electron chi connectivity index (χ0n) is 7.84. The van der Waals surface area contributed by atoms with Crippen LogP contribution >= 0.6 is 0 Å². The van der Waals surface area contributed by atoms with Gasteiger partial charge in [-0.05, 0) is 0 Å². The average molecular weight is 189 g/mol. The SMILES string of the molecule is COc1cc(-c2ccccc2)nn1N. The third kappa shape index (κ3) is 1.42. The van der Waals surface area contributed by atoms with Crippen LogP contribution in [0.25, 0.3) is 11.3 Å². The van der Waals surface area contributed by atoms with Gasteiger partial charge in [0.15, 0.2) is 0 Å². The molecule has 0 saturated heterocycles. The predicted octanol–water partition coefficient (Wildman–Crippen LogP) is 1.27. The molecule has 2 rings (SSSR count). The first-order chi connectivity index (χ1) is 6.81. The largest absolute Gasteiger partial charge is 0.480 e. The van der Waals surface area contributed by atoms with E-state index in [1.54, 1.807) is 13.2 Å². The Morgan fingerprint density at radius 1 is 1.29 bits per heavy atom. The van der Waals surface area contributed by atoms with Gasteiger partial charge < -0.3 is 10.6 Å². The average Bonchev–Trinajstić information content (AvgIpc) is 2.61. The van der Waals surface area contributed by atoms with Crippen molar-refractivity contribution >= 4 is 0 Å². The number of hydrogen-bond acceptors (Lipinski definition) is 3. The standard InChI is InChI=1S/C10H11N3O/c1-14-10-7-9(12-13(10)11)8-5-3-2-4-6-8/h2-7H,11H2,1H3. The van der Waals surface area contributed by atoms with Crippen molar-refractivity contribution in [2.75, 3.05) is 13.0 Å². The van der Waals surface area contributed by atoms with E-state index in [0.717, 1.165) is 11.3 Å². The summed E-state index contributed by atoms with van der Waals surface area (Å²) in [4.78, 5) is 1.22. The lowest BCUT2D eigenvalue weighted by Crippen LogP contribution is -2.11. The number of aromatic nitrogens is 2. The number of ether oxygens (including phenoxy) is 1. The highest BCUT2D eigenvalue weighted by Gasteiger charge is 2.06. The van der Waals surface area contributed by atoms with Gasteiger partial charge in [-0.1, -0.05) is 30.3 Å². The van der Waals surface area contributed by atoms with Crippen LogP contribution in [-0.4, -0.2) is 17.0 Å². The summed E-state index contributed by atoms with van der Waals surface area (Å²) in [5.41, 5.74) is 1.83. The lowest BCUT2D eigenvalue weighted by Gasteiger charge is -1.95. The minimum absolute atomic E-state index is 0.545. The number of nitrogens with two attached hydrogens (primary N) is 1. The van der Waals surface area contributed by atoms with Gasteiger partial charge in [-0.15, -0.1) is 9.89 Å². The molecule has 2 aromatic rings. The smallest absolute Gasteiger partial charge is 0.232 e. The number of rotatable bonds is 2. The van der Waals surface area contributed by atoms with Crippen molar-refractivity contribution < 1.29 is 4.74 Å². The molecule has 1 aromatic carbocycles. The molecule has 4 nitrogen and oxygen atoms in total. The van der Waals surface area contributed by atoms with Crippen LogP contribution < -0.4 is 10.6 Å². The zero-order valence-corrected chi connectivity index (χ0v) is 7.84. The fourth-order valence-corrected chi connectivity index (χ4v) is 1.28. The molecule has 0 aliphatic rings. The fraction of sp³-hybridized carbons (Fsp3) is 0.100. The van der Waals surface area contributed by atoms with Crippen molar-refractivity contribution in [2.45, 2.75) is 0 Å². The molecule has 72 valence electrons. The maximum absolute atomic E-state index is 5.57. The minimum Gasteiger partial charge on any atom is -0.480 e. The minimum atomic E-state index is 0.545. The summed E-state index contributed by atoms with van der Waals surface area (Å²) < 4.78 is 5.02. The summed E-state index contributed by atoms with van der Waals surface area (Å²) in [6.45, 7) is 0. The van der Waals surface area contributed by atoms with Crippen LogP contribution in [0.15, 0.2) is 36.4 Å². The Morgan fingerprint density at radius 2 is 2.00 bits per heavy atom. The second kappa shape index (κ2) is 3.41. The van der Waals surface area contributed by atoms with Crippen molar-refractivity contribution in [1.29, 1.82) is 0 Å². The van der Waals surface area contributed by atoms with Crippen LogP contribution in [-0.2, 0) is 0 Å². The fourth-order valence-electron chi connectivity index (χ4n) is 1.28. The van der Waals surface area contributed by atoms with Gasteiger partial charge in [0, 0.05) is 11.6 Å². The first-order valence-electron chi connectivity index (χ1n) is 4.26. The van der Waals surface area contributed by atoms with Crippen LogP contribution in [0, 0.1) is 0 Å². The van der Waals surface area contributed by atoms with E-state index in [-0.39, 0.29) is 0 Å². The third-order valence-corrected chi connectivity index (χ3v) is 1.98. The van der Waals surface area contributed by atoms with E-state index in [2.05, 4.69) is 5.10 Å². The summed E-state index contributed by atoms with van der Waals surface area (Å²) >= 11 is 0. The Kier molecular flexibility index (Phi) is 2.10. The summed E-state index contributed by atoms with van der Waals surface area (Å²) in [7, 11) is 1.56. The van der Waals surface area contributed by atoms with Crippen molar-refractivity contribution in [3.05, 3.63) is 36.4 Å². The molecule has 0 fully saturated rings. The Bertz CT molecular complexity index is 422. The molecule has 0 radical (unpaired) electrons. The summed E-state index contributed by atoms with van der Waals surface area (Å²) in [6.07, 6.45) is 0. The number of nitrogens with zero attached hydrogens (tertiary/aromatic N) is 2. The predicted molar refractivity (Wildman–Crippen MR) is 54.4 cm³/mol. The molecular formula is C10H11N3O. The summed E-state index contributed by atoms with van der Waals surface area (Å²) in [6, 6.07) is 11.6. The molecule has 0 aliphatic heterocycles. The van der Waals surface area contributed by atoms with Crippen LogP contribution in [0.5, 0.6) is 5.88 Å². The molecule has 0 bridgehead atoms. The van der Waals surface area contributed by atoms with Crippen LogP contribution in [0.2, 0.25) is 0 Å². The van der Waals surface area contributed by atoms with Gasteiger partial charge in [0.25, 0.3) is 0 Å². The Balaban J connectivity index is 2.43. The first kappa shape index (κ1) is 8.62. The van der Waals surface area contributed by atoms with E-state index in [9.17, 15) is 0 Å². The number of hydrogen-bond donors (Lipinski definition) is 1. The van der Waals surface area contributed by atoms with Crippen LogP contribution in [0.1, 0.15) is 0 Å². The van der Waals surface area contributed by atoms with Crippen molar-refractivity contribution in [3.63, 3.8) is 0 Å². The molecule has 1 aromatic heterocycles. The first-order valence-corrected chi connectivity index (χ1v) is 4.26. The third-order valence-electron chi connectivity index (χ3n) is 1.98. The van der Waals surface area contributed by atoms with Gasteiger partial charge in [0.2, 0.25) is 5.88 Å². The number of methoxy groups -OCH3 is 1. The zero-order chi connectivity index (χ0) is 9.97. The molecule has 0 atom stereocenters. The topological polar surface area (TPSA) is 53.1 Å². The van der Waals surface area contributed by atoms with E-state index < -0.39 is 0 Å². The van der Waals surface area contributed by atoms with Gasteiger partial charge >= 0.3 is 0 Å². The monoisotopic (exact) mass is 189 g/mol. The Labute approximate surface area is 81.9 Å². The molecule has 4 heteroatoms. The highest BCUT2D eigenvalue weighted by atomic mass is 16.5. The molecule has 2 N–H and O–H groups in total. The summed E-state index contributed by atoms with van der Waals surface area (Å²) in [5.74, 6) is 6.12. The molecule has 0 amide bonds. The summed E-state index contributed by atoms with van der Waals surface area (Å²) in [5, 5.41) is 4.12. The van der Waals surface area contributed by atoms with E-state index >= 15 is 0 Å².